The Morgan fingerprint density at radius 3 is 1.15 bits per heavy atom. The molecule has 4 heteroatoms. The Morgan fingerprint density at radius 2 is 0.879 bits per heavy atom. The van der Waals surface area contributed by atoms with E-state index in [9.17, 15) is 0 Å². The number of rotatable bonds is 0. The molecule has 2 aromatic carbocycles. The van der Waals surface area contributed by atoms with Gasteiger partial charge in [0.2, 0.25) is 0 Å². The van der Waals surface area contributed by atoms with Gasteiger partial charge in [-0.2, -0.15) is 0 Å². The lowest BCUT2D eigenvalue weighted by molar-refractivity contribution is 0.396. The molecule has 1 aliphatic heterocycles. The van der Waals surface area contributed by atoms with Crippen molar-refractivity contribution < 1.29 is 8.85 Å². The molecular formula is C29H43O2SSi. The van der Waals surface area contributed by atoms with Crippen molar-refractivity contribution >= 4 is 21.0 Å². The van der Waals surface area contributed by atoms with Crippen molar-refractivity contribution in [2.45, 2.75) is 121 Å². The molecule has 33 heavy (non-hydrogen) atoms. The lowest BCUT2D eigenvalue weighted by atomic mass is 9.80. The van der Waals surface area contributed by atoms with E-state index in [1.54, 1.807) is 11.8 Å². The second-order valence-corrected chi connectivity index (χ2v) is 16.0. The molecule has 0 saturated heterocycles. The van der Waals surface area contributed by atoms with Gasteiger partial charge in [-0.05, 0) is 56.0 Å². The van der Waals surface area contributed by atoms with Gasteiger partial charge >= 0.3 is 9.28 Å². The van der Waals surface area contributed by atoms with Crippen LogP contribution in [0.15, 0.2) is 34.1 Å². The van der Waals surface area contributed by atoms with Crippen LogP contribution in [0, 0.1) is 0 Å². The van der Waals surface area contributed by atoms with Crippen LogP contribution in [0.2, 0.25) is 6.55 Å². The summed E-state index contributed by atoms with van der Waals surface area (Å²) in [6.07, 6.45) is 0. The first kappa shape index (κ1) is 26.2. The zero-order chi connectivity index (χ0) is 25.1. The van der Waals surface area contributed by atoms with Gasteiger partial charge in [0.25, 0.3) is 0 Å². The fourth-order valence-electron chi connectivity index (χ4n) is 3.97. The Bertz CT molecular complexity index is 960. The van der Waals surface area contributed by atoms with Crippen LogP contribution >= 0.6 is 11.8 Å². The summed E-state index contributed by atoms with van der Waals surface area (Å²) in [6.45, 7) is 29.5. The first-order valence-electron chi connectivity index (χ1n) is 12.0. The van der Waals surface area contributed by atoms with Crippen LogP contribution in [-0.4, -0.2) is 9.28 Å². The summed E-state index contributed by atoms with van der Waals surface area (Å²) in [4.78, 5) is 2.40. The fraction of sp³-hybridized carbons (Fsp3) is 0.586. The Kier molecular flexibility index (Phi) is 6.65. The Labute approximate surface area is 208 Å². The molecule has 1 heterocycles. The van der Waals surface area contributed by atoms with Crippen LogP contribution in [0.4, 0.5) is 0 Å². The molecule has 2 aromatic rings. The van der Waals surface area contributed by atoms with Crippen molar-refractivity contribution in [1.29, 1.82) is 0 Å². The van der Waals surface area contributed by atoms with Crippen LogP contribution in [0.3, 0.4) is 0 Å². The average molecular weight is 484 g/mol. The molecule has 1 radical (unpaired) electrons. The minimum atomic E-state index is -1.55. The van der Waals surface area contributed by atoms with Crippen molar-refractivity contribution in [3.63, 3.8) is 0 Å². The molecular weight excluding hydrogens is 440 g/mol. The van der Waals surface area contributed by atoms with Gasteiger partial charge in [-0.1, -0.05) is 107 Å². The molecule has 181 valence electrons. The van der Waals surface area contributed by atoms with Gasteiger partial charge in [0.05, 0.1) is 9.79 Å². The van der Waals surface area contributed by atoms with Gasteiger partial charge in [-0.3, -0.25) is 0 Å². The summed E-state index contributed by atoms with van der Waals surface area (Å²) in [6, 6.07) is 9.40. The van der Waals surface area contributed by atoms with Crippen molar-refractivity contribution in [3.8, 4) is 11.5 Å². The standard InChI is InChI=1S/C29H43O2SSi/c1-26(2,3)18-14-20(28(7,8)9)24-22(16-18)32-23-17-19(27(4,5)6)15-21(29(10,11)12)25(23)31-33(13)30-24/h14-17H,1-13H3. The number of fused-ring (bicyclic) bond motifs is 2. The molecule has 1 aliphatic rings. The first-order valence-corrected chi connectivity index (χ1v) is 14.7. The maximum Gasteiger partial charge on any atom is 0.528 e. The Hall–Kier alpha value is -1.39. The van der Waals surface area contributed by atoms with E-state index in [-0.39, 0.29) is 21.7 Å². The van der Waals surface area contributed by atoms with E-state index >= 15 is 0 Å². The van der Waals surface area contributed by atoms with Gasteiger partial charge in [-0.25, -0.2) is 0 Å². The van der Waals surface area contributed by atoms with E-state index in [1.807, 2.05) is 0 Å². The second-order valence-electron chi connectivity index (χ2n) is 13.5. The van der Waals surface area contributed by atoms with Gasteiger partial charge in [0.1, 0.15) is 11.5 Å². The molecule has 0 amide bonds. The lowest BCUT2D eigenvalue weighted by Crippen LogP contribution is -2.31. The highest BCUT2D eigenvalue weighted by Crippen LogP contribution is 2.51. The summed E-state index contributed by atoms with van der Waals surface area (Å²) in [5.41, 5.74) is 5.27. The number of benzene rings is 2. The van der Waals surface area contributed by atoms with Gasteiger partial charge in [-0.15, -0.1) is 0 Å². The molecule has 0 aromatic heterocycles. The normalized spacial score (nSPS) is 15.7. The van der Waals surface area contributed by atoms with Crippen LogP contribution in [0.5, 0.6) is 11.5 Å². The predicted molar refractivity (Wildman–Crippen MR) is 145 cm³/mol. The summed E-state index contributed by atoms with van der Waals surface area (Å²) in [7, 11) is -1.55. The SMILES string of the molecule is C[Si]1Oc2c(cc(C(C)(C)C)cc2C(C)(C)C)Sc2cc(C(C)(C)C)cc(C(C)(C)C)c2O1. The van der Waals surface area contributed by atoms with E-state index < -0.39 is 9.28 Å². The van der Waals surface area contributed by atoms with E-state index in [4.69, 9.17) is 8.85 Å². The minimum absolute atomic E-state index is 0.0279. The Morgan fingerprint density at radius 1 is 0.545 bits per heavy atom. The second kappa shape index (κ2) is 8.37. The summed E-state index contributed by atoms with van der Waals surface area (Å²) in [5.74, 6) is 2.00. The van der Waals surface area contributed by atoms with Gasteiger partial charge < -0.3 is 8.85 Å². The highest BCUT2D eigenvalue weighted by molar-refractivity contribution is 7.99. The van der Waals surface area contributed by atoms with E-state index in [1.165, 1.54) is 32.0 Å². The fourth-order valence-corrected chi connectivity index (χ4v) is 6.28. The maximum atomic E-state index is 6.64. The predicted octanol–water partition coefficient (Wildman–Crippen LogP) is 8.92. The maximum absolute atomic E-state index is 6.64. The average Bonchev–Trinajstić information content (AvgIpc) is 2.58. The van der Waals surface area contributed by atoms with E-state index in [0.29, 0.717) is 0 Å². The van der Waals surface area contributed by atoms with Crippen molar-refractivity contribution in [1.82, 2.24) is 0 Å². The van der Waals surface area contributed by atoms with Crippen molar-refractivity contribution in [3.05, 3.63) is 46.5 Å². The molecule has 0 fully saturated rings. The van der Waals surface area contributed by atoms with Crippen molar-refractivity contribution in [2.24, 2.45) is 0 Å². The third kappa shape index (κ3) is 5.65. The highest BCUT2D eigenvalue weighted by Gasteiger charge is 2.34. The van der Waals surface area contributed by atoms with Gasteiger partial charge in [0.15, 0.2) is 0 Å². The quantitative estimate of drug-likeness (QED) is 0.348. The van der Waals surface area contributed by atoms with E-state index in [0.717, 1.165) is 11.5 Å². The molecule has 0 N–H and O–H groups in total. The third-order valence-corrected chi connectivity index (χ3v) is 8.20. The summed E-state index contributed by atoms with van der Waals surface area (Å²) < 4.78 is 13.3. The summed E-state index contributed by atoms with van der Waals surface area (Å²) >= 11 is 1.81. The minimum Gasteiger partial charge on any atom is -0.509 e. The number of hydrogen-bond donors (Lipinski definition) is 0. The van der Waals surface area contributed by atoms with Crippen LogP contribution in [0.25, 0.3) is 0 Å². The van der Waals surface area contributed by atoms with Gasteiger partial charge in [0, 0.05) is 6.55 Å². The highest BCUT2D eigenvalue weighted by atomic mass is 32.2. The lowest BCUT2D eigenvalue weighted by Gasteiger charge is -2.34. The van der Waals surface area contributed by atoms with Crippen LogP contribution in [-0.2, 0) is 21.7 Å². The molecule has 0 spiro atoms. The topological polar surface area (TPSA) is 18.5 Å². The largest absolute Gasteiger partial charge is 0.528 e. The molecule has 0 atom stereocenters. The zero-order valence-electron chi connectivity index (χ0n) is 23.0. The molecule has 0 aliphatic carbocycles. The number of hydrogen-bond acceptors (Lipinski definition) is 3. The molecule has 3 rings (SSSR count). The third-order valence-electron chi connectivity index (χ3n) is 6.17. The van der Waals surface area contributed by atoms with Crippen LogP contribution in [0.1, 0.15) is 105 Å². The van der Waals surface area contributed by atoms with Crippen molar-refractivity contribution in [2.75, 3.05) is 0 Å². The van der Waals surface area contributed by atoms with E-state index in [2.05, 4.69) is 114 Å². The Balaban J connectivity index is 2.36. The monoisotopic (exact) mass is 483 g/mol. The van der Waals surface area contributed by atoms with Crippen LogP contribution < -0.4 is 8.85 Å². The molecule has 0 bridgehead atoms. The smallest absolute Gasteiger partial charge is 0.509 e. The molecule has 0 saturated carbocycles. The molecule has 2 nitrogen and oxygen atoms in total. The zero-order valence-corrected chi connectivity index (χ0v) is 24.9. The molecule has 0 unspecified atom stereocenters. The first-order chi connectivity index (χ1) is 14.8. The summed E-state index contributed by atoms with van der Waals surface area (Å²) in [5, 5.41) is 0.